The van der Waals surface area contributed by atoms with Gasteiger partial charge in [-0.1, -0.05) is 13.8 Å². The Labute approximate surface area is 144 Å². The number of piperazine rings is 1. The zero-order valence-corrected chi connectivity index (χ0v) is 15.2. The Balaban J connectivity index is 1.87. The highest BCUT2D eigenvalue weighted by Gasteiger charge is 2.24. The Bertz CT molecular complexity index is 641. The summed E-state index contributed by atoms with van der Waals surface area (Å²) in [5, 5.41) is 9.02. The maximum Gasteiger partial charge on any atom is 0.227 e. The lowest BCUT2D eigenvalue weighted by Crippen LogP contribution is -2.49. The molecule has 0 aliphatic carbocycles. The van der Waals surface area contributed by atoms with Gasteiger partial charge in [-0.25, -0.2) is 0 Å². The van der Waals surface area contributed by atoms with Gasteiger partial charge >= 0.3 is 0 Å². The van der Waals surface area contributed by atoms with Crippen molar-refractivity contribution in [2.24, 2.45) is 5.92 Å². The molecule has 0 unspecified atom stereocenters. The fraction of sp³-hybridized carbons (Fsp3) is 0.611. The summed E-state index contributed by atoms with van der Waals surface area (Å²) in [6, 6.07) is 4.60. The van der Waals surface area contributed by atoms with Crippen LogP contribution in [-0.4, -0.2) is 56.9 Å². The second kappa shape index (κ2) is 7.30. The van der Waals surface area contributed by atoms with Gasteiger partial charge in [0.1, 0.15) is 0 Å². The maximum absolute atomic E-state index is 4.53. The predicted molar refractivity (Wildman–Crippen MR) is 97.0 cm³/mol. The molecule has 0 radical (unpaired) electrons. The lowest BCUT2D eigenvalue weighted by atomic mass is 10.2. The van der Waals surface area contributed by atoms with Gasteiger partial charge in [-0.05, 0) is 31.9 Å². The minimum atomic E-state index is 0.534. The van der Waals surface area contributed by atoms with Crippen molar-refractivity contribution in [1.82, 2.24) is 24.6 Å². The second-order valence-electron chi connectivity index (χ2n) is 7.19. The molecule has 3 heterocycles. The van der Waals surface area contributed by atoms with E-state index >= 15 is 0 Å². The third-order valence-electron chi connectivity index (χ3n) is 4.53. The summed E-state index contributed by atoms with van der Waals surface area (Å²) in [6.07, 6.45) is 3.65. The van der Waals surface area contributed by atoms with Crippen LogP contribution in [0.3, 0.4) is 0 Å². The van der Waals surface area contributed by atoms with E-state index in [0.717, 1.165) is 50.1 Å². The van der Waals surface area contributed by atoms with Crippen LogP contribution in [0.2, 0.25) is 0 Å². The summed E-state index contributed by atoms with van der Waals surface area (Å²) < 4.78 is 2.26. The molecule has 1 fully saturated rings. The average Bonchev–Trinajstić information content (AvgIpc) is 2.98. The van der Waals surface area contributed by atoms with E-state index in [2.05, 4.69) is 57.2 Å². The van der Waals surface area contributed by atoms with E-state index in [1.807, 2.05) is 18.3 Å². The molecule has 6 nitrogen and oxygen atoms in total. The Kier molecular flexibility index (Phi) is 5.14. The smallest absolute Gasteiger partial charge is 0.227 e. The normalized spacial score (nSPS) is 16.3. The first kappa shape index (κ1) is 16.9. The number of pyridine rings is 1. The van der Waals surface area contributed by atoms with E-state index in [0.29, 0.717) is 12.0 Å². The SMILES string of the molecule is CC(C)Cn1c(-c2cccnc2)nnc1N1CCN(C(C)C)CC1. The molecule has 130 valence electrons. The number of anilines is 1. The van der Waals surface area contributed by atoms with Crippen molar-refractivity contribution in [2.75, 3.05) is 31.1 Å². The molecule has 0 atom stereocenters. The van der Waals surface area contributed by atoms with Gasteiger partial charge in [-0.15, -0.1) is 10.2 Å². The first-order valence-electron chi connectivity index (χ1n) is 8.89. The molecule has 6 heteroatoms. The molecule has 3 rings (SSSR count). The summed E-state index contributed by atoms with van der Waals surface area (Å²) in [5.74, 6) is 2.44. The predicted octanol–water partition coefficient (Wildman–Crippen LogP) is 2.53. The lowest BCUT2D eigenvalue weighted by Gasteiger charge is -2.37. The highest BCUT2D eigenvalue weighted by atomic mass is 15.4. The van der Waals surface area contributed by atoms with Gasteiger partial charge in [0.2, 0.25) is 5.95 Å². The highest BCUT2D eigenvalue weighted by molar-refractivity contribution is 5.56. The molecule has 0 amide bonds. The van der Waals surface area contributed by atoms with Crippen molar-refractivity contribution in [3.8, 4) is 11.4 Å². The van der Waals surface area contributed by atoms with Gasteiger partial charge < -0.3 is 4.90 Å². The molecular formula is C18H28N6. The first-order chi connectivity index (χ1) is 11.6. The highest BCUT2D eigenvalue weighted by Crippen LogP contribution is 2.24. The van der Waals surface area contributed by atoms with E-state index < -0.39 is 0 Å². The van der Waals surface area contributed by atoms with Gasteiger partial charge in [-0.3, -0.25) is 14.5 Å². The van der Waals surface area contributed by atoms with Crippen LogP contribution in [-0.2, 0) is 6.54 Å². The van der Waals surface area contributed by atoms with Crippen LogP contribution in [0.5, 0.6) is 0 Å². The van der Waals surface area contributed by atoms with E-state index in [1.54, 1.807) is 6.20 Å². The first-order valence-corrected chi connectivity index (χ1v) is 8.89. The molecule has 0 aromatic carbocycles. The van der Waals surface area contributed by atoms with Gasteiger partial charge in [0, 0.05) is 56.7 Å². The van der Waals surface area contributed by atoms with Crippen molar-refractivity contribution in [3.05, 3.63) is 24.5 Å². The summed E-state index contributed by atoms with van der Waals surface area (Å²) in [7, 11) is 0. The fourth-order valence-corrected chi connectivity index (χ4v) is 3.21. The van der Waals surface area contributed by atoms with Crippen LogP contribution in [0.4, 0.5) is 5.95 Å². The van der Waals surface area contributed by atoms with Gasteiger partial charge in [0.05, 0.1) is 0 Å². The molecule has 0 spiro atoms. The summed E-state index contributed by atoms with van der Waals surface area (Å²) in [6.45, 7) is 14.1. The van der Waals surface area contributed by atoms with E-state index in [9.17, 15) is 0 Å². The molecule has 2 aromatic heterocycles. The number of hydrogen-bond acceptors (Lipinski definition) is 5. The zero-order valence-electron chi connectivity index (χ0n) is 15.2. The third kappa shape index (κ3) is 3.59. The number of aromatic nitrogens is 4. The molecule has 0 saturated carbocycles. The van der Waals surface area contributed by atoms with E-state index in [1.165, 1.54) is 0 Å². The van der Waals surface area contributed by atoms with Crippen LogP contribution in [0.1, 0.15) is 27.7 Å². The van der Waals surface area contributed by atoms with Crippen LogP contribution >= 0.6 is 0 Å². The second-order valence-corrected chi connectivity index (χ2v) is 7.19. The molecule has 0 N–H and O–H groups in total. The van der Waals surface area contributed by atoms with E-state index in [4.69, 9.17) is 0 Å². The van der Waals surface area contributed by atoms with Gasteiger partial charge in [0.15, 0.2) is 5.82 Å². The van der Waals surface area contributed by atoms with Crippen molar-refractivity contribution in [2.45, 2.75) is 40.3 Å². The number of rotatable bonds is 5. The van der Waals surface area contributed by atoms with Gasteiger partial charge in [-0.2, -0.15) is 0 Å². The number of hydrogen-bond donors (Lipinski definition) is 0. The van der Waals surface area contributed by atoms with Crippen molar-refractivity contribution < 1.29 is 0 Å². The molecule has 0 bridgehead atoms. The minimum Gasteiger partial charge on any atom is -0.338 e. The maximum atomic E-state index is 4.53. The molecule has 1 aliphatic rings. The molecule has 1 aliphatic heterocycles. The van der Waals surface area contributed by atoms with Crippen molar-refractivity contribution in [1.29, 1.82) is 0 Å². The fourth-order valence-electron chi connectivity index (χ4n) is 3.21. The lowest BCUT2D eigenvalue weighted by molar-refractivity contribution is 0.208. The quantitative estimate of drug-likeness (QED) is 0.844. The minimum absolute atomic E-state index is 0.534. The molecule has 2 aromatic rings. The Morgan fingerprint density at radius 1 is 1.04 bits per heavy atom. The molecule has 24 heavy (non-hydrogen) atoms. The average molecular weight is 328 g/mol. The topological polar surface area (TPSA) is 50.1 Å². The summed E-state index contributed by atoms with van der Waals surface area (Å²) >= 11 is 0. The zero-order chi connectivity index (χ0) is 17.1. The monoisotopic (exact) mass is 328 g/mol. The molecule has 1 saturated heterocycles. The summed E-state index contributed by atoms with van der Waals surface area (Å²) in [5.41, 5.74) is 1.03. The largest absolute Gasteiger partial charge is 0.338 e. The standard InChI is InChI=1S/C18H28N6/c1-14(2)13-24-17(16-6-5-7-19-12-16)20-21-18(24)23-10-8-22(9-11-23)15(3)4/h5-7,12,14-15H,8-11,13H2,1-4H3. The Morgan fingerprint density at radius 3 is 2.38 bits per heavy atom. The van der Waals surface area contributed by atoms with E-state index in [-0.39, 0.29) is 0 Å². The Hall–Kier alpha value is -1.95. The van der Waals surface area contributed by atoms with Gasteiger partial charge in [0.25, 0.3) is 0 Å². The van der Waals surface area contributed by atoms with Crippen molar-refractivity contribution in [3.63, 3.8) is 0 Å². The van der Waals surface area contributed by atoms with Crippen LogP contribution in [0, 0.1) is 5.92 Å². The van der Waals surface area contributed by atoms with Crippen molar-refractivity contribution >= 4 is 5.95 Å². The Morgan fingerprint density at radius 2 is 1.79 bits per heavy atom. The van der Waals surface area contributed by atoms with Crippen LogP contribution in [0.15, 0.2) is 24.5 Å². The number of nitrogens with zero attached hydrogens (tertiary/aromatic N) is 6. The van der Waals surface area contributed by atoms with Crippen LogP contribution in [0.25, 0.3) is 11.4 Å². The van der Waals surface area contributed by atoms with Crippen LogP contribution < -0.4 is 4.90 Å². The summed E-state index contributed by atoms with van der Waals surface area (Å²) in [4.78, 5) is 9.12. The molecular weight excluding hydrogens is 300 g/mol. The third-order valence-corrected chi connectivity index (χ3v) is 4.53.